The number of fused-ring (bicyclic) bond motifs is 5. The van der Waals surface area contributed by atoms with Crippen molar-refractivity contribution in [2.75, 3.05) is 13.2 Å². The fourth-order valence-electron chi connectivity index (χ4n) is 8.12. The number of carbonyl (C=O) groups is 2. The Balaban J connectivity index is 1.41. The number of esters is 1. The summed E-state index contributed by atoms with van der Waals surface area (Å²) in [7, 11) is 0. The third-order valence-electron chi connectivity index (χ3n) is 9.53. The van der Waals surface area contributed by atoms with Crippen LogP contribution in [0.25, 0.3) is 0 Å². The summed E-state index contributed by atoms with van der Waals surface area (Å²) in [6, 6.07) is 0. The summed E-state index contributed by atoms with van der Waals surface area (Å²) < 4.78 is 17.6. The second kappa shape index (κ2) is 6.28. The van der Waals surface area contributed by atoms with Crippen LogP contribution in [0.2, 0.25) is 0 Å². The molecule has 0 unspecified atom stereocenters. The molecule has 1 spiro atoms. The number of Topliss-reactive ketones (excluding diaryl/α,β-unsaturated/α-hetero) is 1. The summed E-state index contributed by atoms with van der Waals surface area (Å²) in [4.78, 5) is 25.1. The molecule has 0 aromatic carbocycles. The van der Waals surface area contributed by atoms with Gasteiger partial charge in [-0.15, -0.1) is 0 Å². The second-order valence-electron chi connectivity index (χ2n) is 10.6. The topological polar surface area (TPSA) is 61.8 Å². The number of carbonyl (C=O) groups excluding carboxylic acids is 2. The van der Waals surface area contributed by atoms with Crippen molar-refractivity contribution in [2.24, 2.45) is 34.5 Å². The van der Waals surface area contributed by atoms with E-state index in [1.807, 2.05) is 0 Å². The van der Waals surface area contributed by atoms with Crippen molar-refractivity contribution in [3.05, 3.63) is 0 Å². The minimum absolute atomic E-state index is 0.0482. The SMILES string of the molecule is CC(=O)O[C@H]1CC[C@H]2[C@@H]3CC[C@H]4CC5(CC(=O)[C@]4(C)[C@H]3CC[C@]12C)OCCO5. The van der Waals surface area contributed by atoms with Crippen LogP contribution in [0, 0.1) is 34.5 Å². The minimum Gasteiger partial charge on any atom is -0.462 e. The van der Waals surface area contributed by atoms with E-state index in [4.69, 9.17) is 14.2 Å². The van der Waals surface area contributed by atoms with Gasteiger partial charge in [-0.1, -0.05) is 13.8 Å². The van der Waals surface area contributed by atoms with Crippen molar-refractivity contribution in [3.63, 3.8) is 0 Å². The van der Waals surface area contributed by atoms with Crippen molar-refractivity contribution in [1.29, 1.82) is 0 Å². The zero-order valence-corrected chi connectivity index (χ0v) is 17.5. The van der Waals surface area contributed by atoms with E-state index < -0.39 is 5.79 Å². The first-order valence-corrected chi connectivity index (χ1v) is 11.3. The van der Waals surface area contributed by atoms with E-state index in [-0.39, 0.29) is 22.9 Å². The highest BCUT2D eigenvalue weighted by atomic mass is 16.7. The van der Waals surface area contributed by atoms with Crippen LogP contribution >= 0.6 is 0 Å². The van der Waals surface area contributed by atoms with Crippen LogP contribution in [-0.2, 0) is 23.8 Å². The Labute approximate surface area is 167 Å². The van der Waals surface area contributed by atoms with Crippen LogP contribution in [0.3, 0.4) is 0 Å². The van der Waals surface area contributed by atoms with Gasteiger partial charge in [-0.3, -0.25) is 9.59 Å². The van der Waals surface area contributed by atoms with Crippen LogP contribution in [-0.4, -0.2) is 36.9 Å². The molecular weight excluding hydrogens is 356 g/mol. The van der Waals surface area contributed by atoms with Crippen LogP contribution in [0.15, 0.2) is 0 Å². The van der Waals surface area contributed by atoms with E-state index in [0.29, 0.717) is 49.1 Å². The van der Waals surface area contributed by atoms with Gasteiger partial charge in [0, 0.05) is 24.2 Å². The molecule has 5 rings (SSSR count). The van der Waals surface area contributed by atoms with E-state index in [1.54, 1.807) is 0 Å². The molecule has 5 nitrogen and oxygen atoms in total. The average Bonchev–Trinajstić information content (AvgIpc) is 3.21. The molecule has 5 fully saturated rings. The van der Waals surface area contributed by atoms with E-state index in [2.05, 4.69) is 13.8 Å². The number of ether oxygens (including phenoxy) is 3. The van der Waals surface area contributed by atoms with Crippen molar-refractivity contribution in [1.82, 2.24) is 0 Å². The fourth-order valence-corrected chi connectivity index (χ4v) is 8.12. The van der Waals surface area contributed by atoms with Gasteiger partial charge in [-0.2, -0.15) is 0 Å². The zero-order valence-electron chi connectivity index (χ0n) is 17.5. The molecule has 4 aliphatic carbocycles. The van der Waals surface area contributed by atoms with Gasteiger partial charge >= 0.3 is 5.97 Å². The highest BCUT2D eigenvalue weighted by Gasteiger charge is 2.65. The minimum atomic E-state index is -0.634. The fraction of sp³-hybridized carbons (Fsp3) is 0.913. The summed E-state index contributed by atoms with van der Waals surface area (Å²) in [6.45, 7) is 7.33. The van der Waals surface area contributed by atoms with Gasteiger partial charge < -0.3 is 14.2 Å². The third-order valence-corrected chi connectivity index (χ3v) is 9.53. The number of hydrogen-bond acceptors (Lipinski definition) is 5. The molecule has 0 amide bonds. The lowest BCUT2D eigenvalue weighted by molar-refractivity contribution is -0.222. The van der Waals surface area contributed by atoms with Gasteiger partial charge in [0.2, 0.25) is 0 Å². The second-order valence-corrected chi connectivity index (χ2v) is 10.6. The maximum absolute atomic E-state index is 13.5. The summed E-state index contributed by atoms with van der Waals surface area (Å²) in [5.41, 5.74) is -0.170. The van der Waals surface area contributed by atoms with Crippen LogP contribution < -0.4 is 0 Å². The molecule has 156 valence electrons. The highest BCUT2D eigenvalue weighted by molar-refractivity contribution is 5.87. The molecule has 28 heavy (non-hydrogen) atoms. The van der Waals surface area contributed by atoms with Crippen LogP contribution in [0.1, 0.15) is 72.1 Å². The van der Waals surface area contributed by atoms with E-state index in [0.717, 1.165) is 38.5 Å². The molecule has 0 bridgehead atoms. The lowest BCUT2D eigenvalue weighted by Crippen LogP contribution is -2.60. The maximum atomic E-state index is 13.5. The van der Waals surface area contributed by atoms with Crippen molar-refractivity contribution >= 4 is 11.8 Å². The molecule has 1 saturated heterocycles. The third kappa shape index (κ3) is 2.51. The maximum Gasteiger partial charge on any atom is 0.302 e. The standard InChI is InChI=1S/C23H34O5/c1-14(24)28-20-7-6-17-16-5-4-15-12-23(26-10-11-27-23)13-19(25)22(15,3)18(16)8-9-21(17,20)2/h15-18,20H,4-13H2,1-3H3/t15-,16-,17-,18-,20-,21-,22-/m0/s1. The Morgan fingerprint density at radius 3 is 2.50 bits per heavy atom. The first kappa shape index (κ1) is 19.0. The lowest BCUT2D eigenvalue weighted by atomic mass is 9.44. The van der Waals surface area contributed by atoms with Crippen molar-refractivity contribution < 1.29 is 23.8 Å². The summed E-state index contributed by atoms with van der Waals surface area (Å²) >= 11 is 0. The van der Waals surface area contributed by atoms with Gasteiger partial charge in [0.25, 0.3) is 0 Å². The number of ketones is 1. The molecule has 1 aliphatic heterocycles. The van der Waals surface area contributed by atoms with Gasteiger partial charge in [0.15, 0.2) is 5.79 Å². The smallest absolute Gasteiger partial charge is 0.302 e. The van der Waals surface area contributed by atoms with Gasteiger partial charge in [0.1, 0.15) is 11.9 Å². The monoisotopic (exact) mass is 390 g/mol. The molecule has 1 heterocycles. The number of rotatable bonds is 1. The molecule has 0 radical (unpaired) electrons. The predicted molar refractivity (Wildman–Crippen MR) is 102 cm³/mol. The zero-order chi connectivity index (χ0) is 19.7. The lowest BCUT2D eigenvalue weighted by Gasteiger charge is -2.60. The summed E-state index contributed by atoms with van der Waals surface area (Å²) in [5, 5.41) is 0. The van der Waals surface area contributed by atoms with Crippen molar-refractivity contribution in [2.45, 2.75) is 84.0 Å². The molecular formula is C23H34O5. The van der Waals surface area contributed by atoms with Crippen LogP contribution in [0.5, 0.6) is 0 Å². The Morgan fingerprint density at radius 1 is 1.04 bits per heavy atom. The predicted octanol–water partition coefficient (Wildman–Crippen LogP) is 3.88. The Kier molecular flexibility index (Phi) is 4.27. The van der Waals surface area contributed by atoms with Gasteiger partial charge in [-0.05, 0) is 62.2 Å². The van der Waals surface area contributed by atoms with E-state index in [1.165, 1.54) is 13.3 Å². The summed E-state index contributed by atoms with van der Waals surface area (Å²) in [5.74, 6) is 1.52. The molecule has 0 N–H and O–H groups in total. The highest BCUT2D eigenvalue weighted by Crippen LogP contribution is 2.66. The van der Waals surface area contributed by atoms with E-state index in [9.17, 15) is 9.59 Å². The van der Waals surface area contributed by atoms with Crippen LogP contribution in [0.4, 0.5) is 0 Å². The van der Waals surface area contributed by atoms with Gasteiger partial charge in [0.05, 0.1) is 19.6 Å². The van der Waals surface area contributed by atoms with E-state index >= 15 is 0 Å². The average molecular weight is 391 g/mol. The Morgan fingerprint density at radius 2 is 1.79 bits per heavy atom. The largest absolute Gasteiger partial charge is 0.462 e. The van der Waals surface area contributed by atoms with Gasteiger partial charge in [-0.25, -0.2) is 0 Å². The number of hydrogen-bond donors (Lipinski definition) is 0. The Bertz CT molecular complexity index is 682. The normalized spacial score (nSPS) is 49.4. The first-order valence-electron chi connectivity index (χ1n) is 11.3. The molecule has 5 heteroatoms. The molecule has 7 atom stereocenters. The first-order chi connectivity index (χ1) is 13.3. The quantitative estimate of drug-likeness (QED) is 0.636. The molecule has 0 aromatic rings. The molecule has 4 saturated carbocycles. The van der Waals surface area contributed by atoms with Crippen molar-refractivity contribution in [3.8, 4) is 0 Å². The Hall–Kier alpha value is -0.940. The molecule has 0 aromatic heterocycles. The summed E-state index contributed by atoms with van der Waals surface area (Å²) in [6.07, 6.45) is 7.84. The molecule has 5 aliphatic rings.